The van der Waals surface area contributed by atoms with Crippen molar-refractivity contribution >= 4 is 23.0 Å². The molecule has 0 aliphatic carbocycles. The molecule has 1 aliphatic rings. The van der Waals surface area contributed by atoms with Crippen LogP contribution in [0.25, 0.3) is 17.0 Å². The Balaban J connectivity index is 1.41. The number of para-hydroxylation sites is 1. The summed E-state index contributed by atoms with van der Waals surface area (Å²) >= 11 is 0. The summed E-state index contributed by atoms with van der Waals surface area (Å²) in [5.74, 6) is -0.260. The number of fused-ring (bicyclic) bond motifs is 1. The van der Waals surface area contributed by atoms with Crippen LogP contribution in [0.1, 0.15) is 21.5 Å². The van der Waals surface area contributed by atoms with E-state index in [9.17, 15) is 9.59 Å². The van der Waals surface area contributed by atoms with Gasteiger partial charge in [-0.25, -0.2) is 4.79 Å². The smallest absolute Gasteiger partial charge is 0.349 e. The summed E-state index contributed by atoms with van der Waals surface area (Å²) in [6.07, 6.45) is 6.63. The van der Waals surface area contributed by atoms with Crippen molar-refractivity contribution in [3.05, 3.63) is 100 Å². The van der Waals surface area contributed by atoms with Gasteiger partial charge in [-0.15, -0.1) is 6.58 Å². The third kappa shape index (κ3) is 4.84. The van der Waals surface area contributed by atoms with E-state index in [1.165, 1.54) is 5.56 Å². The highest BCUT2D eigenvalue weighted by Gasteiger charge is 2.24. The second kappa shape index (κ2) is 9.58. The van der Waals surface area contributed by atoms with E-state index in [4.69, 9.17) is 4.42 Å². The Morgan fingerprint density at radius 2 is 1.81 bits per heavy atom. The van der Waals surface area contributed by atoms with Crippen molar-refractivity contribution in [1.29, 1.82) is 0 Å². The van der Waals surface area contributed by atoms with Crippen LogP contribution >= 0.6 is 0 Å². The van der Waals surface area contributed by atoms with E-state index in [1.54, 1.807) is 17.0 Å². The summed E-state index contributed by atoms with van der Waals surface area (Å²) in [5.41, 5.74) is 2.11. The summed E-state index contributed by atoms with van der Waals surface area (Å²) in [7, 11) is 0. The Hall–Kier alpha value is -3.44. The van der Waals surface area contributed by atoms with E-state index < -0.39 is 5.63 Å². The average molecular weight is 415 g/mol. The first-order valence-electron chi connectivity index (χ1n) is 10.6. The number of rotatable bonds is 6. The highest BCUT2D eigenvalue weighted by atomic mass is 16.4. The van der Waals surface area contributed by atoms with Gasteiger partial charge in [-0.1, -0.05) is 66.8 Å². The molecule has 4 rings (SSSR count). The molecule has 0 unspecified atom stereocenters. The van der Waals surface area contributed by atoms with Crippen LogP contribution in [0.15, 0.2) is 82.5 Å². The molecule has 0 atom stereocenters. The molecular weight excluding hydrogens is 388 g/mol. The van der Waals surface area contributed by atoms with Crippen LogP contribution in [0.5, 0.6) is 0 Å². The molecule has 5 nitrogen and oxygen atoms in total. The fraction of sp³-hybridized carbons (Fsp3) is 0.231. The third-order valence-electron chi connectivity index (χ3n) is 5.57. The lowest BCUT2D eigenvalue weighted by Crippen LogP contribution is -2.49. The Bertz CT molecular complexity index is 1160. The molecular formula is C26H26N2O3. The second-order valence-corrected chi connectivity index (χ2v) is 7.68. The molecule has 0 N–H and O–H groups in total. The van der Waals surface area contributed by atoms with Crippen LogP contribution < -0.4 is 5.63 Å². The van der Waals surface area contributed by atoms with Gasteiger partial charge in [0, 0.05) is 38.1 Å². The van der Waals surface area contributed by atoms with Crippen molar-refractivity contribution < 1.29 is 9.21 Å². The van der Waals surface area contributed by atoms with Gasteiger partial charge in [-0.3, -0.25) is 9.69 Å². The SMILES string of the molecule is C=CCc1cccc2cc(C(=O)N3CCN(C/C=C/c4ccccc4)CC3)c(=O)oc12. The number of amides is 1. The van der Waals surface area contributed by atoms with Crippen LogP contribution in [0.3, 0.4) is 0 Å². The molecule has 1 amide bonds. The van der Waals surface area contributed by atoms with Crippen molar-refractivity contribution in [3.63, 3.8) is 0 Å². The van der Waals surface area contributed by atoms with Crippen molar-refractivity contribution in [2.75, 3.05) is 32.7 Å². The first-order chi connectivity index (χ1) is 15.2. The third-order valence-corrected chi connectivity index (χ3v) is 5.57. The van der Waals surface area contributed by atoms with Gasteiger partial charge >= 0.3 is 5.63 Å². The van der Waals surface area contributed by atoms with E-state index in [2.05, 4.69) is 35.8 Å². The monoisotopic (exact) mass is 414 g/mol. The molecule has 2 aromatic carbocycles. The second-order valence-electron chi connectivity index (χ2n) is 7.68. The number of benzene rings is 2. The van der Waals surface area contributed by atoms with Gasteiger partial charge in [0.2, 0.25) is 0 Å². The molecule has 0 spiro atoms. The Kier molecular flexibility index (Phi) is 6.43. The van der Waals surface area contributed by atoms with Crippen LogP contribution in [0, 0.1) is 0 Å². The predicted molar refractivity (Wildman–Crippen MR) is 124 cm³/mol. The normalized spacial score (nSPS) is 14.9. The Morgan fingerprint density at radius 1 is 1.03 bits per heavy atom. The van der Waals surface area contributed by atoms with Crippen LogP contribution in [0.4, 0.5) is 0 Å². The first kappa shape index (κ1) is 20.8. The quantitative estimate of drug-likeness (QED) is 0.452. The number of carbonyl (C=O) groups is 1. The number of allylic oxidation sites excluding steroid dienone is 1. The molecule has 5 heteroatoms. The molecule has 3 aromatic rings. The van der Waals surface area contributed by atoms with Gasteiger partial charge in [0.05, 0.1) is 0 Å². The molecule has 1 aliphatic heterocycles. The zero-order valence-electron chi connectivity index (χ0n) is 17.5. The lowest BCUT2D eigenvalue weighted by molar-refractivity contribution is 0.0646. The molecule has 1 saturated heterocycles. The maximum absolute atomic E-state index is 13.0. The molecule has 2 heterocycles. The van der Waals surface area contributed by atoms with Gasteiger partial charge in [0.1, 0.15) is 11.1 Å². The topological polar surface area (TPSA) is 53.8 Å². The summed E-state index contributed by atoms with van der Waals surface area (Å²) in [6, 6.07) is 17.5. The molecule has 1 fully saturated rings. The summed E-state index contributed by atoms with van der Waals surface area (Å²) in [5, 5.41) is 0.756. The molecule has 158 valence electrons. The largest absolute Gasteiger partial charge is 0.422 e. The fourth-order valence-corrected chi connectivity index (χ4v) is 3.88. The Morgan fingerprint density at radius 3 is 2.55 bits per heavy atom. The zero-order chi connectivity index (χ0) is 21.6. The number of hydrogen-bond acceptors (Lipinski definition) is 4. The van der Waals surface area contributed by atoms with E-state index in [1.807, 2.05) is 36.4 Å². The molecule has 31 heavy (non-hydrogen) atoms. The minimum absolute atomic E-state index is 0.0978. The van der Waals surface area contributed by atoms with E-state index in [0.717, 1.165) is 30.6 Å². The summed E-state index contributed by atoms with van der Waals surface area (Å²) in [6.45, 7) is 7.30. The maximum atomic E-state index is 13.0. The van der Waals surface area contributed by atoms with Crippen LogP contribution in [-0.2, 0) is 6.42 Å². The number of hydrogen-bond donors (Lipinski definition) is 0. The van der Waals surface area contributed by atoms with E-state index >= 15 is 0 Å². The lowest BCUT2D eigenvalue weighted by Gasteiger charge is -2.34. The fourth-order valence-electron chi connectivity index (χ4n) is 3.88. The minimum atomic E-state index is -0.581. The molecule has 0 saturated carbocycles. The van der Waals surface area contributed by atoms with E-state index in [0.29, 0.717) is 25.1 Å². The van der Waals surface area contributed by atoms with E-state index in [-0.39, 0.29) is 11.5 Å². The number of carbonyl (C=O) groups excluding carboxylic acids is 1. The lowest BCUT2D eigenvalue weighted by atomic mass is 10.1. The molecule has 0 bridgehead atoms. The summed E-state index contributed by atoms with van der Waals surface area (Å²) in [4.78, 5) is 29.6. The van der Waals surface area contributed by atoms with Crippen LogP contribution in [0.2, 0.25) is 0 Å². The highest BCUT2D eigenvalue weighted by molar-refractivity contribution is 5.97. The van der Waals surface area contributed by atoms with Gasteiger partial charge in [-0.05, 0) is 23.6 Å². The molecule has 1 aromatic heterocycles. The van der Waals surface area contributed by atoms with Crippen molar-refractivity contribution in [2.45, 2.75) is 6.42 Å². The van der Waals surface area contributed by atoms with Gasteiger partial charge in [-0.2, -0.15) is 0 Å². The predicted octanol–water partition coefficient (Wildman–Crippen LogP) is 3.99. The van der Waals surface area contributed by atoms with Gasteiger partial charge in [0.15, 0.2) is 0 Å². The highest BCUT2D eigenvalue weighted by Crippen LogP contribution is 2.20. The summed E-state index contributed by atoms with van der Waals surface area (Å²) < 4.78 is 5.53. The number of piperazine rings is 1. The average Bonchev–Trinajstić information content (AvgIpc) is 2.80. The van der Waals surface area contributed by atoms with Crippen molar-refractivity contribution in [3.8, 4) is 0 Å². The molecule has 0 radical (unpaired) electrons. The number of nitrogens with zero attached hydrogens (tertiary/aromatic N) is 2. The van der Waals surface area contributed by atoms with Crippen molar-refractivity contribution in [1.82, 2.24) is 9.80 Å². The first-order valence-corrected chi connectivity index (χ1v) is 10.6. The zero-order valence-corrected chi connectivity index (χ0v) is 17.5. The van der Waals surface area contributed by atoms with Gasteiger partial charge in [0.25, 0.3) is 5.91 Å². The Labute approximate surface area is 181 Å². The standard InChI is InChI=1S/C26H26N2O3/c1-2-8-21-12-6-13-22-19-23(26(30)31-24(21)22)25(29)28-17-15-27(16-18-28)14-7-11-20-9-4-3-5-10-20/h2-7,9-13,19H,1,8,14-18H2/b11-7+. The van der Waals surface area contributed by atoms with Gasteiger partial charge < -0.3 is 9.32 Å². The van der Waals surface area contributed by atoms with Crippen molar-refractivity contribution in [2.24, 2.45) is 0 Å². The minimum Gasteiger partial charge on any atom is -0.422 e. The maximum Gasteiger partial charge on any atom is 0.349 e. The van der Waals surface area contributed by atoms with Crippen LogP contribution in [-0.4, -0.2) is 48.4 Å².